The van der Waals surface area contributed by atoms with Gasteiger partial charge in [0.05, 0.1) is 31.2 Å². The summed E-state index contributed by atoms with van der Waals surface area (Å²) in [6, 6.07) is 8.35. The summed E-state index contributed by atoms with van der Waals surface area (Å²) >= 11 is 0. The molecule has 2 rings (SSSR count). The predicted octanol–water partition coefficient (Wildman–Crippen LogP) is 5.45. The summed E-state index contributed by atoms with van der Waals surface area (Å²) in [5.74, 6) is -2.00. The van der Waals surface area contributed by atoms with Crippen LogP contribution in [0.15, 0.2) is 36.4 Å². The highest BCUT2D eigenvalue weighted by Gasteiger charge is 2.27. The van der Waals surface area contributed by atoms with Gasteiger partial charge in [0, 0.05) is 24.3 Å². The zero-order chi connectivity index (χ0) is 26.5. The Morgan fingerprint density at radius 2 is 1.47 bits per heavy atom. The Morgan fingerprint density at radius 3 is 2.06 bits per heavy atom. The molecular weight excluding hydrogens is 470 g/mol. The summed E-state index contributed by atoms with van der Waals surface area (Å²) in [5, 5.41) is 11.0. The van der Waals surface area contributed by atoms with Crippen molar-refractivity contribution < 1.29 is 38.3 Å². The first-order chi connectivity index (χ1) is 17.3. The number of nitrogens with zero attached hydrogens (tertiary/aromatic N) is 1. The van der Waals surface area contributed by atoms with Gasteiger partial charge in [0.1, 0.15) is 28.6 Å². The fourth-order valence-electron chi connectivity index (χ4n) is 3.06. The van der Waals surface area contributed by atoms with E-state index in [4.69, 9.17) is 18.9 Å². The van der Waals surface area contributed by atoms with Gasteiger partial charge in [-0.25, -0.2) is 4.79 Å². The monoisotopic (exact) mass is 501 g/mol. The van der Waals surface area contributed by atoms with E-state index < -0.39 is 28.9 Å². The van der Waals surface area contributed by atoms with Crippen LogP contribution in [-0.2, 0) is 14.3 Å². The summed E-state index contributed by atoms with van der Waals surface area (Å²) in [5.41, 5.74) is -0.163. The van der Waals surface area contributed by atoms with E-state index in [1.165, 1.54) is 30.3 Å². The van der Waals surface area contributed by atoms with Gasteiger partial charge in [0.15, 0.2) is 5.78 Å². The molecule has 10 heteroatoms. The van der Waals surface area contributed by atoms with Crippen molar-refractivity contribution in [2.24, 2.45) is 0 Å². The number of Topliss-reactive ketones (excluding diaryl/α,β-unsaturated/α-hetero) is 2. The number of carbonyl (C=O) groups excluding carboxylic acids is 3. The molecule has 0 spiro atoms. The van der Waals surface area contributed by atoms with Gasteiger partial charge in [-0.2, -0.15) is 0 Å². The molecule has 194 valence electrons. The molecule has 0 N–H and O–H groups in total. The van der Waals surface area contributed by atoms with Crippen LogP contribution in [0.3, 0.4) is 0 Å². The lowest BCUT2D eigenvalue weighted by molar-refractivity contribution is -0.384. The molecule has 0 unspecified atom stereocenters. The molecule has 0 saturated heterocycles. The summed E-state index contributed by atoms with van der Waals surface area (Å²) in [6.45, 7) is 6.30. The third-order valence-corrected chi connectivity index (χ3v) is 4.94. The molecule has 0 heterocycles. The van der Waals surface area contributed by atoms with E-state index in [9.17, 15) is 24.5 Å². The number of hydrogen-bond acceptors (Lipinski definition) is 9. The average molecular weight is 502 g/mol. The highest BCUT2D eigenvalue weighted by atomic mass is 16.6. The molecule has 36 heavy (non-hydrogen) atoms. The van der Waals surface area contributed by atoms with Crippen LogP contribution in [0, 0.1) is 10.1 Å². The minimum Gasteiger partial charge on any atom is -0.493 e. The van der Waals surface area contributed by atoms with Crippen molar-refractivity contribution >= 4 is 23.2 Å². The van der Waals surface area contributed by atoms with Crippen molar-refractivity contribution in [2.45, 2.75) is 52.9 Å². The Balaban J connectivity index is 2.50. The van der Waals surface area contributed by atoms with E-state index in [0.717, 1.165) is 25.7 Å². The van der Waals surface area contributed by atoms with Gasteiger partial charge < -0.3 is 18.9 Å². The number of ketones is 2. The van der Waals surface area contributed by atoms with Crippen molar-refractivity contribution in [3.05, 3.63) is 52.1 Å². The van der Waals surface area contributed by atoms with Gasteiger partial charge in [-0.1, -0.05) is 26.7 Å². The van der Waals surface area contributed by atoms with E-state index in [0.29, 0.717) is 19.0 Å². The molecule has 0 aliphatic heterocycles. The van der Waals surface area contributed by atoms with Gasteiger partial charge in [0.25, 0.3) is 5.69 Å². The van der Waals surface area contributed by atoms with Crippen LogP contribution >= 0.6 is 0 Å². The molecule has 0 aliphatic rings. The minimum absolute atomic E-state index is 0.00242. The Kier molecular flexibility index (Phi) is 11.4. The van der Waals surface area contributed by atoms with Gasteiger partial charge >= 0.3 is 5.97 Å². The molecule has 0 fully saturated rings. The zero-order valence-electron chi connectivity index (χ0n) is 20.7. The number of benzene rings is 2. The van der Waals surface area contributed by atoms with E-state index >= 15 is 0 Å². The second kappa shape index (κ2) is 14.4. The number of ether oxygens (including phenoxy) is 4. The summed E-state index contributed by atoms with van der Waals surface area (Å²) in [4.78, 5) is 47.7. The van der Waals surface area contributed by atoms with E-state index in [-0.39, 0.29) is 35.1 Å². The highest BCUT2D eigenvalue weighted by Crippen LogP contribution is 2.38. The highest BCUT2D eigenvalue weighted by molar-refractivity contribution is 6.38. The van der Waals surface area contributed by atoms with Crippen LogP contribution < -0.4 is 14.2 Å². The molecular formula is C26H31NO9. The second-order valence-electron chi connectivity index (χ2n) is 7.80. The van der Waals surface area contributed by atoms with Crippen LogP contribution in [0.1, 0.15) is 63.2 Å². The summed E-state index contributed by atoms with van der Waals surface area (Å²) in [6.07, 6.45) is 2.55. The van der Waals surface area contributed by atoms with Crippen molar-refractivity contribution in [1.82, 2.24) is 0 Å². The van der Waals surface area contributed by atoms with Gasteiger partial charge in [-0.15, -0.1) is 0 Å². The molecule has 0 radical (unpaired) electrons. The molecule has 10 nitrogen and oxygen atoms in total. The number of esters is 1. The topological polar surface area (TPSA) is 131 Å². The van der Waals surface area contributed by atoms with Crippen LogP contribution in [0.2, 0.25) is 0 Å². The average Bonchev–Trinajstić information content (AvgIpc) is 2.84. The number of carbonyl (C=O) groups is 3. The van der Waals surface area contributed by atoms with Crippen molar-refractivity contribution in [1.29, 1.82) is 0 Å². The lowest BCUT2D eigenvalue weighted by Crippen LogP contribution is -2.21. The Bertz CT molecular complexity index is 1060. The molecule has 2 aromatic carbocycles. The number of unbranched alkanes of at least 4 members (excludes halogenated alkanes) is 2. The lowest BCUT2D eigenvalue weighted by atomic mass is 10.0. The quantitative estimate of drug-likeness (QED) is 0.0560. The number of rotatable bonds is 16. The minimum atomic E-state index is -1.10. The van der Waals surface area contributed by atoms with E-state index in [1.54, 1.807) is 13.0 Å². The van der Waals surface area contributed by atoms with Crippen LogP contribution in [0.5, 0.6) is 23.0 Å². The van der Waals surface area contributed by atoms with Gasteiger partial charge in [0.2, 0.25) is 5.78 Å². The van der Waals surface area contributed by atoms with Crippen LogP contribution in [0.4, 0.5) is 5.69 Å². The standard InChI is InChI=1S/C26H31NO9/c1-4-7-13-34-20-15-23(35-14-8-5-2)25(21(28)17-22(29)26(30)33-6-3)24(16-20)36-19-11-9-18(10-12-19)27(31)32/h9-12,15-16H,4-8,13-14,17H2,1-3H3. The number of non-ortho nitro benzene ring substituents is 1. The molecule has 0 amide bonds. The maximum atomic E-state index is 13.2. The van der Waals surface area contributed by atoms with E-state index in [2.05, 4.69) is 0 Å². The number of hydrogen-bond donors (Lipinski definition) is 0. The lowest BCUT2D eigenvalue weighted by Gasteiger charge is -2.18. The molecule has 0 bridgehead atoms. The SMILES string of the molecule is CCCCOc1cc(OCCCC)c(C(=O)CC(=O)C(=O)OCC)c(Oc2ccc([N+](=O)[O-])cc2)c1. The Morgan fingerprint density at radius 1 is 0.861 bits per heavy atom. The van der Waals surface area contributed by atoms with E-state index in [1.807, 2.05) is 13.8 Å². The smallest absolute Gasteiger partial charge is 0.375 e. The maximum Gasteiger partial charge on any atom is 0.375 e. The molecule has 0 saturated carbocycles. The fraction of sp³-hybridized carbons (Fsp3) is 0.423. The molecule has 0 atom stereocenters. The molecule has 2 aromatic rings. The fourth-order valence-corrected chi connectivity index (χ4v) is 3.06. The van der Waals surface area contributed by atoms with Crippen LogP contribution in [-0.4, -0.2) is 42.3 Å². The van der Waals surface area contributed by atoms with Crippen molar-refractivity contribution in [3.63, 3.8) is 0 Å². The molecule has 0 aromatic heterocycles. The maximum absolute atomic E-state index is 13.2. The first kappa shape index (κ1) is 28.3. The Hall–Kier alpha value is -3.95. The Labute approximate surface area is 209 Å². The normalized spacial score (nSPS) is 10.4. The van der Waals surface area contributed by atoms with Gasteiger partial charge in [-0.05, 0) is 31.9 Å². The van der Waals surface area contributed by atoms with Crippen molar-refractivity contribution in [3.8, 4) is 23.0 Å². The number of nitro groups is 1. The molecule has 0 aliphatic carbocycles. The third-order valence-electron chi connectivity index (χ3n) is 4.94. The summed E-state index contributed by atoms with van der Waals surface area (Å²) < 4.78 is 22.3. The first-order valence-electron chi connectivity index (χ1n) is 11.9. The summed E-state index contributed by atoms with van der Waals surface area (Å²) in [7, 11) is 0. The zero-order valence-corrected chi connectivity index (χ0v) is 20.7. The number of nitro benzene ring substituents is 1. The second-order valence-corrected chi connectivity index (χ2v) is 7.80. The predicted molar refractivity (Wildman–Crippen MR) is 131 cm³/mol. The first-order valence-corrected chi connectivity index (χ1v) is 11.9. The third kappa shape index (κ3) is 8.37. The largest absolute Gasteiger partial charge is 0.493 e. The van der Waals surface area contributed by atoms with Crippen molar-refractivity contribution in [2.75, 3.05) is 19.8 Å². The van der Waals surface area contributed by atoms with Gasteiger partial charge in [-0.3, -0.25) is 19.7 Å². The van der Waals surface area contributed by atoms with Crippen LogP contribution in [0.25, 0.3) is 0 Å².